The van der Waals surface area contributed by atoms with Crippen LogP contribution in [-0.4, -0.2) is 21.7 Å². The molecule has 1 aromatic rings. The van der Waals surface area contributed by atoms with Gasteiger partial charge >= 0.3 is 0 Å². The molecular weight excluding hydrogens is 294 g/mol. The summed E-state index contributed by atoms with van der Waals surface area (Å²) in [6.07, 6.45) is 6.40. The van der Waals surface area contributed by atoms with Gasteiger partial charge in [-0.2, -0.15) is 0 Å². The summed E-state index contributed by atoms with van der Waals surface area (Å²) in [6.45, 7) is 0.712. The van der Waals surface area contributed by atoms with Crippen LogP contribution in [0.1, 0.15) is 38.5 Å². The van der Waals surface area contributed by atoms with Crippen molar-refractivity contribution in [3.63, 3.8) is 0 Å². The molecule has 1 heterocycles. The van der Waals surface area contributed by atoms with E-state index in [9.17, 15) is 4.21 Å². The summed E-state index contributed by atoms with van der Waals surface area (Å²) in [5.41, 5.74) is 6.48. The largest absolute Gasteiger partial charge is 0.398 e. The Labute approximate surface area is 127 Å². The zero-order valence-electron chi connectivity index (χ0n) is 11.4. The van der Waals surface area contributed by atoms with E-state index in [1.165, 1.54) is 12.8 Å². The molecule has 0 amide bonds. The van der Waals surface area contributed by atoms with Gasteiger partial charge in [-0.3, -0.25) is 4.21 Å². The SMILES string of the molecule is Nc1cc(Cl)ccc1S(=O)C1CCOC2(CCCC2)C1. The Morgan fingerprint density at radius 3 is 2.80 bits per heavy atom. The number of benzene rings is 1. The van der Waals surface area contributed by atoms with Gasteiger partial charge in [0, 0.05) is 22.6 Å². The third-order valence-electron chi connectivity index (χ3n) is 4.45. The molecule has 2 N–H and O–H groups in total. The Bertz CT molecular complexity index is 529. The summed E-state index contributed by atoms with van der Waals surface area (Å²) in [7, 11) is -1.08. The minimum atomic E-state index is -1.08. The first-order valence-electron chi connectivity index (χ1n) is 7.19. The number of ether oxygens (including phenoxy) is 1. The van der Waals surface area contributed by atoms with Crippen molar-refractivity contribution in [2.24, 2.45) is 0 Å². The van der Waals surface area contributed by atoms with E-state index in [1.807, 2.05) is 0 Å². The van der Waals surface area contributed by atoms with Crippen molar-refractivity contribution in [2.45, 2.75) is 54.3 Å². The molecule has 0 bridgehead atoms. The van der Waals surface area contributed by atoms with Gasteiger partial charge in [0.15, 0.2) is 0 Å². The Hall–Kier alpha value is -0.580. The van der Waals surface area contributed by atoms with E-state index in [2.05, 4.69) is 0 Å². The van der Waals surface area contributed by atoms with Gasteiger partial charge in [-0.15, -0.1) is 0 Å². The third kappa shape index (κ3) is 2.74. The normalized spacial score (nSPS) is 26.8. The monoisotopic (exact) mass is 313 g/mol. The Kier molecular flexibility index (Phi) is 4.07. The van der Waals surface area contributed by atoms with E-state index in [1.54, 1.807) is 18.2 Å². The van der Waals surface area contributed by atoms with Crippen LogP contribution in [0.5, 0.6) is 0 Å². The summed E-state index contributed by atoms with van der Waals surface area (Å²) < 4.78 is 18.8. The molecule has 20 heavy (non-hydrogen) atoms. The van der Waals surface area contributed by atoms with E-state index < -0.39 is 10.8 Å². The molecule has 1 saturated carbocycles. The zero-order valence-corrected chi connectivity index (χ0v) is 13.0. The average molecular weight is 314 g/mol. The average Bonchev–Trinajstić information content (AvgIpc) is 2.86. The first-order chi connectivity index (χ1) is 9.60. The lowest BCUT2D eigenvalue weighted by molar-refractivity contribution is -0.0708. The van der Waals surface area contributed by atoms with E-state index in [0.717, 1.165) is 30.6 Å². The van der Waals surface area contributed by atoms with Gasteiger partial charge in [-0.05, 0) is 43.9 Å². The van der Waals surface area contributed by atoms with Crippen LogP contribution >= 0.6 is 11.6 Å². The molecule has 2 fully saturated rings. The maximum absolute atomic E-state index is 12.8. The van der Waals surface area contributed by atoms with Crippen LogP contribution in [0.2, 0.25) is 5.02 Å². The van der Waals surface area contributed by atoms with Crippen molar-refractivity contribution < 1.29 is 8.95 Å². The van der Waals surface area contributed by atoms with Crippen LogP contribution in [0.15, 0.2) is 23.1 Å². The first kappa shape index (κ1) is 14.4. The molecule has 3 nitrogen and oxygen atoms in total. The molecule has 5 heteroatoms. The third-order valence-corrected chi connectivity index (χ3v) is 6.50. The fourth-order valence-electron chi connectivity index (χ4n) is 3.42. The molecule has 1 saturated heterocycles. The molecule has 2 atom stereocenters. The van der Waals surface area contributed by atoms with Gasteiger partial charge in [0.05, 0.1) is 21.3 Å². The molecular formula is C15H20ClNO2S. The molecule has 0 radical (unpaired) electrons. The van der Waals surface area contributed by atoms with Crippen molar-refractivity contribution in [3.8, 4) is 0 Å². The number of nitrogen functional groups attached to an aromatic ring is 1. The van der Waals surface area contributed by atoms with Crippen LogP contribution in [0.4, 0.5) is 5.69 Å². The predicted molar refractivity (Wildman–Crippen MR) is 82.4 cm³/mol. The van der Waals surface area contributed by atoms with E-state index in [4.69, 9.17) is 22.1 Å². The van der Waals surface area contributed by atoms with Crippen LogP contribution in [0.3, 0.4) is 0 Å². The van der Waals surface area contributed by atoms with Crippen molar-refractivity contribution >= 4 is 28.1 Å². The smallest absolute Gasteiger partial charge is 0.0694 e. The molecule has 110 valence electrons. The quantitative estimate of drug-likeness (QED) is 0.850. The molecule has 0 aromatic heterocycles. The topological polar surface area (TPSA) is 52.3 Å². The van der Waals surface area contributed by atoms with Crippen molar-refractivity contribution in [1.82, 2.24) is 0 Å². The molecule has 1 aromatic carbocycles. The van der Waals surface area contributed by atoms with Gasteiger partial charge in [0.2, 0.25) is 0 Å². The molecule has 3 rings (SSSR count). The van der Waals surface area contributed by atoms with E-state index in [-0.39, 0.29) is 10.9 Å². The summed E-state index contributed by atoms with van der Waals surface area (Å²) in [6, 6.07) is 5.24. The molecule has 2 unspecified atom stereocenters. The predicted octanol–water partition coefficient (Wildman–Crippen LogP) is 3.52. The summed E-state index contributed by atoms with van der Waals surface area (Å²) >= 11 is 5.91. The van der Waals surface area contributed by atoms with Crippen molar-refractivity contribution in [1.29, 1.82) is 0 Å². The van der Waals surface area contributed by atoms with Gasteiger partial charge in [0.1, 0.15) is 0 Å². The highest BCUT2D eigenvalue weighted by molar-refractivity contribution is 7.85. The minimum absolute atomic E-state index is 0.0141. The first-order valence-corrected chi connectivity index (χ1v) is 8.78. The second kappa shape index (κ2) is 5.66. The van der Waals surface area contributed by atoms with E-state index >= 15 is 0 Å². The van der Waals surface area contributed by atoms with Crippen molar-refractivity contribution in [3.05, 3.63) is 23.2 Å². The number of nitrogens with two attached hydrogens (primary N) is 1. The summed E-state index contributed by atoms with van der Waals surface area (Å²) in [5.74, 6) is 0. The number of rotatable bonds is 2. The lowest BCUT2D eigenvalue weighted by Gasteiger charge is -2.37. The van der Waals surface area contributed by atoms with Gasteiger partial charge in [-0.1, -0.05) is 24.4 Å². The van der Waals surface area contributed by atoms with Crippen LogP contribution < -0.4 is 5.73 Å². The maximum atomic E-state index is 12.8. The second-order valence-corrected chi connectivity index (χ2v) is 7.97. The molecule has 1 spiro atoms. The Morgan fingerprint density at radius 2 is 2.10 bits per heavy atom. The highest BCUT2D eigenvalue weighted by atomic mass is 35.5. The number of anilines is 1. The van der Waals surface area contributed by atoms with Gasteiger partial charge < -0.3 is 10.5 Å². The number of hydrogen-bond donors (Lipinski definition) is 1. The van der Waals surface area contributed by atoms with Gasteiger partial charge in [-0.25, -0.2) is 0 Å². The maximum Gasteiger partial charge on any atom is 0.0694 e. The van der Waals surface area contributed by atoms with Crippen molar-refractivity contribution in [2.75, 3.05) is 12.3 Å². The van der Waals surface area contributed by atoms with Crippen LogP contribution in [0.25, 0.3) is 0 Å². The van der Waals surface area contributed by atoms with E-state index in [0.29, 0.717) is 17.3 Å². The molecule has 1 aliphatic carbocycles. The standard InChI is InChI=1S/C15H20ClNO2S/c16-11-3-4-14(13(17)9-11)20(18)12-5-8-19-15(10-12)6-1-2-7-15/h3-4,9,12H,1-2,5-8,10,17H2. The summed E-state index contributed by atoms with van der Waals surface area (Å²) in [4.78, 5) is 0.717. The van der Waals surface area contributed by atoms with Crippen LogP contribution in [-0.2, 0) is 15.5 Å². The molecule has 2 aliphatic rings. The summed E-state index contributed by atoms with van der Waals surface area (Å²) in [5, 5.41) is 0.729. The number of halogens is 1. The Morgan fingerprint density at radius 1 is 1.35 bits per heavy atom. The zero-order chi connectivity index (χ0) is 14.2. The fourth-order valence-corrected chi connectivity index (χ4v) is 5.21. The molecule has 1 aliphatic heterocycles. The fraction of sp³-hybridized carbons (Fsp3) is 0.600. The van der Waals surface area contributed by atoms with Crippen LogP contribution in [0, 0.1) is 0 Å². The lowest BCUT2D eigenvalue weighted by Crippen LogP contribution is -2.41. The highest BCUT2D eigenvalue weighted by Gasteiger charge is 2.41. The Balaban J connectivity index is 1.79. The highest BCUT2D eigenvalue weighted by Crippen LogP contribution is 2.42. The van der Waals surface area contributed by atoms with Gasteiger partial charge in [0.25, 0.3) is 0 Å². The second-order valence-electron chi connectivity index (χ2n) is 5.83. The minimum Gasteiger partial charge on any atom is -0.398 e. The number of hydrogen-bond acceptors (Lipinski definition) is 3. The lowest BCUT2D eigenvalue weighted by atomic mass is 9.92.